The van der Waals surface area contributed by atoms with Gasteiger partial charge in [-0.3, -0.25) is 0 Å². The van der Waals surface area contributed by atoms with E-state index in [1.807, 2.05) is 48.2 Å². The number of nitrogen functional groups attached to an aromatic ring is 1. The molecule has 0 aliphatic rings. The molecule has 2 heterocycles. The third kappa shape index (κ3) is 2.42. The van der Waals surface area contributed by atoms with Crippen LogP contribution in [0.5, 0.6) is 5.75 Å². The van der Waals surface area contributed by atoms with Gasteiger partial charge in [-0.1, -0.05) is 6.07 Å². The Kier molecular flexibility index (Phi) is 3.25. The van der Waals surface area contributed by atoms with E-state index in [0.29, 0.717) is 12.5 Å². The summed E-state index contributed by atoms with van der Waals surface area (Å²) in [7, 11) is 1.90. The number of anilines is 1. The van der Waals surface area contributed by atoms with Gasteiger partial charge in [0.05, 0.1) is 18.2 Å². The second-order valence-electron chi connectivity index (χ2n) is 5.20. The Balaban J connectivity index is 2.07. The van der Waals surface area contributed by atoms with E-state index in [4.69, 9.17) is 10.5 Å². The smallest absolute Gasteiger partial charge is 0.201 e. The summed E-state index contributed by atoms with van der Waals surface area (Å²) in [5.41, 5.74) is 7.75. The monoisotopic (exact) mass is 286 g/mol. The van der Waals surface area contributed by atoms with E-state index < -0.39 is 0 Å². The van der Waals surface area contributed by atoms with Gasteiger partial charge in [0.25, 0.3) is 0 Å². The SMILES string of the molecule is CC(C)Oc1cccc2c1nc(N)n2Cc1nncn1C. The Hall–Kier alpha value is -2.57. The van der Waals surface area contributed by atoms with Gasteiger partial charge in [0.1, 0.15) is 17.6 Å². The zero-order valence-electron chi connectivity index (χ0n) is 12.3. The summed E-state index contributed by atoms with van der Waals surface area (Å²) in [5, 5.41) is 7.97. The van der Waals surface area contributed by atoms with Crippen molar-refractivity contribution in [3.63, 3.8) is 0 Å². The average molecular weight is 286 g/mol. The van der Waals surface area contributed by atoms with E-state index in [9.17, 15) is 0 Å². The summed E-state index contributed by atoms with van der Waals surface area (Å²) >= 11 is 0. The third-order valence-electron chi connectivity index (χ3n) is 3.24. The lowest BCUT2D eigenvalue weighted by atomic mass is 10.3. The van der Waals surface area contributed by atoms with E-state index in [2.05, 4.69) is 15.2 Å². The van der Waals surface area contributed by atoms with Crippen molar-refractivity contribution in [2.45, 2.75) is 26.5 Å². The topological polar surface area (TPSA) is 83.8 Å². The molecule has 0 aliphatic heterocycles. The number of para-hydroxylation sites is 1. The van der Waals surface area contributed by atoms with Crippen molar-refractivity contribution < 1.29 is 4.74 Å². The van der Waals surface area contributed by atoms with Gasteiger partial charge in [-0.25, -0.2) is 4.98 Å². The van der Waals surface area contributed by atoms with Gasteiger partial charge in [0.2, 0.25) is 5.95 Å². The van der Waals surface area contributed by atoms with Crippen molar-refractivity contribution in [1.82, 2.24) is 24.3 Å². The summed E-state index contributed by atoms with van der Waals surface area (Å²) in [4.78, 5) is 4.43. The van der Waals surface area contributed by atoms with Gasteiger partial charge in [-0.05, 0) is 26.0 Å². The molecule has 7 heteroatoms. The van der Waals surface area contributed by atoms with Crippen LogP contribution in [0, 0.1) is 0 Å². The molecule has 0 saturated carbocycles. The highest BCUT2D eigenvalue weighted by Gasteiger charge is 2.15. The summed E-state index contributed by atoms with van der Waals surface area (Å²) in [6.07, 6.45) is 1.75. The molecule has 0 spiro atoms. The maximum atomic E-state index is 6.06. The fourth-order valence-electron chi connectivity index (χ4n) is 2.25. The van der Waals surface area contributed by atoms with Crippen molar-refractivity contribution in [3.05, 3.63) is 30.4 Å². The van der Waals surface area contributed by atoms with Crippen molar-refractivity contribution >= 4 is 17.0 Å². The minimum Gasteiger partial charge on any atom is -0.489 e. The predicted molar refractivity (Wildman–Crippen MR) is 80.0 cm³/mol. The highest BCUT2D eigenvalue weighted by Crippen LogP contribution is 2.28. The highest BCUT2D eigenvalue weighted by atomic mass is 16.5. The molecule has 0 unspecified atom stereocenters. The Labute approximate surface area is 122 Å². The lowest BCUT2D eigenvalue weighted by Gasteiger charge is -2.10. The molecule has 1 aromatic carbocycles. The van der Waals surface area contributed by atoms with Crippen molar-refractivity contribution in [2.75, 3.05) is 5.73 Å². The first-order valence-electron chi connectivity index (χ1n) is 6.80. The quantitative estimate of drug-likeness (QED) is 0.787. The van der Waals surface area contributed by atoms with Crippen LogP contribution >= 0.6 is 0 Å². The molecule has 7 nitrogen and oxygen atoms in total. The average Bonchev–Trinajstić information content (AvgIpc) is 2.96. The number of aryl methyl sites for hydroxylation is 1. The third-order valence-corrected chi connectivity index (χ3v) is 3.24. The fraction of sp³-hybridized carbons (Fsp3) is 0.357. The standard InChI is InChI=1S/C14H18N6O/c1-9(2)21-11-6-4-5-10-13(11)17-14(15)20(10)7-12-18-16-8-19(12)3/h4-6,8-9H,7H2,1-3H3,(H2,15,17). The van der Waals surface area contributed by atoms with E-state index in [1.54, 1.807) is 6.33 Å². The first-order chi connectivity index (χ1) is 10.1. The second kappa shape index (κ2) is 5.08. The number of nitrogens with two attached hydrogens (primary N) is 1. The Bertz CT molecular complexity index is 773. The van der Waals surface area contributed by atoms with E-state index in [-0.39, 0.29) is 6.10 Å². The summed E-state index contributed by atoms with van der Waals surface area (Å²) < 4.78 is 9.56. The zero-order valence-corrected chi connectivity index (χ0v) is 12.3. The first-order valence-corrected chi connectivity index (χ1v) is 6.80. The normalized spacial score (nSPS) is 11.4. The van der Waals surface area contributed by atoms with Crippen LogP contribution < -0.4 is 10.5 Å². The van der Waals surface area contributed by atoms with Crippen LogP contribution in [0.2, 0.25) is 0 Å². The number of imidazole rings is 1. The summed E-state index contributed by atoms with van der Waals surface area (Å²) in [6, 6.07) is 5.82. The van der Waals surface area contributed by atoms with Crippen molar-refractivity contribution in [2.24, 2.45) is 7.05 Å². The van der Waals surface area contributed by atoms with Crippen LogP contribution in [0.1, 0.15) is 19.7 Å². The Morgan fingerprint density at radius 3 is 2.81 bits per heavy atom. The number of aromatic nitrogens is 5. The first kappa shape index (κ1) is 13.4. The van der Waals surface area contributed by atoms with Crippen molar-refractivity contribution in [1.29, 1.82) is 0 Å². The maximum Gasteiger partial charge on any atom is 0.201 e. The van der Waals surface area contributed by atoms with Crippen LogP contribution in [0.4, 0.5) is 5.95 Å². The molecule has 0 bridgehead atoms. The molecule has 0 saturated heterocycles. The number of ether oxygens (including phenoxy) is 1. The minimum atomic E-state index is 0.0840. The lowest BCUT2D eigenvalue weighted by molar-refractivity contribution is 0.245. The molecule has 21 heavy (non-hydrogen) atoms. The van der Waals surface area contributed by atoms with Gasteiger partial charge in [0.15, 0.2) is 5.82 Å². The Morgan fingerprint density at radius 2 is 2.14 bits per heavy atom. The highest BCUT2D eigenvalue weighted by molar-refractivity contribution is 5.84. The molecule has 2 N–H and O–H groups in total. The van der Waals surface area contributed by atoms with Gasteiger partial charge in [-0.2, -0.15) is 0 Å². The van der Waals surface area contributed by atoms with E-state index in [1.165, 1.54) is 0 Å². The van der Waals surface area contributed by atoms with Crippen LogP contribution in [0.15, 0.2) is 24.5 Å². The predicted octanol–water partition coefficient (Wildman–Crippen LogP) is 1.58. The number of benzene rings is 1. The van der Waals surface area contributed by atoms with E-state index in [0.717, 1.165) is 22.6 Å². The number of hydrogen-bond donors (Lipinski definition) is 1. The van der Waals surface area contributed by atoms with Crippen LogP contribution in [0.3, 0.4) is 0 Å². The van der Waals surface area contributed by atoms with E-state index >= 15 is 0 Å². The molecule has 110 valence electrons. The summed E-state index contributed by atoms with van der Waals surface area (Å²) in [6.45, 7) is 4.49. The maximum absolute atomic E-state index is 6.06. The fourth-order valence-corrected chi connectivity index (χ4v) is 2.25. The Morgan fingerprint density at radius 1 is 1.33 bits per heavy atom. The van der Waals surface area contributed by atoms with Crippen LogP contribution in [0.25, 0.3) is 11.0 Å². The van der Waals surface area contributed by atoms with Crippen LogP contribution in [-0.2, 0) is 13.6 Å². The molecular formula is C14H18N6O. The van der Waals surface area contributed by atoms with Gasteiger partial charge in [0, 0.05) is 7.05 Å². The number of hydrogen-bond acceptors (Lipinski definition) is 5. The van der Waals surface area contributed by atoms with Gasteiger partial charge in [-0.15, -0.1) is 10.2 Å². The van der Waals surface area contributed by atoms with Gasteiger partial charge < -0.3 is 19.6 Å². The molecule has 0 radical (unpaired) electrons. The molecule has 2 aromatic heterocycles. The molecule has 3 aromatic rings. The zero-order chi connectivity index (χ0) is 15.0. The number of rotatable bonds is 4. The molecule has 0 aliphatic carbocycles. The second-order valence-corrected chi connectivity index (χ2v) is 5.20. The molecular weight excluding hydrogens is 268 g/mol. The largest absolute Gasteiger partial charge is 0.489 e. The molecule has 0 fully saturated rings. The summed E-state index contributed by atoms with van der Waals surface area (Å²) in [5.74, 6) is 2.00. The van der Waals surface area contributed by atoms with Gasteiger partial charge >= 0.3 is 0 Å². The number of fused-ring (bicyclic) bond motifs is 1. The molecule has 3 rings (SSSR count). The van der Waals surface area contributed by atoms with Crippen molar-refractivity contribution in [3.8, 4) is 5.75 Å². The molecule has 0 amide bonds. The number of nitrogens with zero attached hydrogens (tertiary/aromatic N) is 5. The molecule has 0 atom stereocenters. The minimum absolute atomic E-state index is 0.0840. The lowest BCUT2D eigenvalue weighted by Crippen LogP contribution is -2.08. The van der Waals surface area contributed by atoms with Crippen LogP contribution in [-0.4, -0.2) is 30.4 Å².